The van der Waals surface area contributed by atoms with Gasteiger partial charge in [0, 0.05) is 6.04 Å². The lowest BCUT2D eigenvalue weighted by atomic mass is 9.77. The fourth-order valence-corrected chi connectivity index (χ4v) is 2.90. The summed E-state index contributed by atoms with van der Waals surface area (Å²) in [5.74, 6) is 2.24. The second-order valence-electron chi connectivity index (χ2n) is 6.11. The molecule has 0 heterocycles. The van der Waals surface area contributed by atoms with Crippen LogP contribution in [0, 0.1) is 0 Å². The Balaban J connectivity index is 1.70. The maximum atomic E-state index is 6.39. The van der Waals surface area contributed by atoms with E-state index in [9.17, 15) is 0 Å². The van der Waals surface area contributed by atoms with Gasteiger partial charge in [0.25, 0.3) is 0 Å². The van der Waals surface area contributed by atoms with Gasteiger partial charge in [-0.2, -0.15) is 0 Å². The number of hydrogen-bond donors (Lipinski definition) is 1. The van der Waals surface area contributed by atoms with Gasteiger partial charge in [0.05, 0.1) is 14.2 Å². The van der Waals surface area contributed by atoms with E-state index in [2.05, 4.69) is 5.32 Å². The van der Waals surface area contributed by atoms with Crippen LogP contribution in [0.3, 0.4) is 0 Å². The third-order valence-electron chi connectivity index (χ3n) is 4.56. The van der Waals surface area contributed by atoms with E-state index in [1.807, 2.05) is 18.2 Å². The fraction of sp³-hybridized carbons (Fsp3) is 0.647. The molecule has 0 radical (unpaired) electrons. The van der Waals surface area contributed by atoms with Crippen LogP contribution >= 0.6 is 0 Å². The van der Waals surface area contributed by atoms with Crippen molar-refractivity contribution in [2.24, 2.45) is 0 Å². The summed E-state index contributed by atoms with van der Waals surface area (Å²) in [5.41, 5.74) is -0.0518. The van der Waals surface area contributed by atoms with Crippen LogP contribution in [0.2, 0.25) is 0 Å². The molecule has 0 amide bonds. The Morgan fingerprint density at radius 2 is 1.81 bits per heavy atom. The van der Waals surface area contributed by atoms with E-state index < -0.39 is 0 Å². The van der Waals surface area contributed by atoms with Crippen LogP contribution in [0.5, 0.6) is 17.2 Å². The molecule has 0 spiro atoms. The van der Waals surface area contributed by atoms with Crippen LogP contribution in [0.25, 0.3) is 0 Å². The van der Waals surface area contributed by atoms with Crippen LogP contribution in [0.1, 0.15) is 38.5 Å². The molecule has 4 heteroatoms. The summed E-state index contributed by atoms with van der Waals surface area (Å²) in [7, 11) is 3.34. The molecule has 0 aliphatic heterocycles. The summed E-state index contributed by atoms with van der Waals surface area (Å²) in [4.78, 5) is 0. The third-order valence-corrected chi connectivity index (χ3v) is 4.56. The zero-order valence-electron chi connectivity index (χ0n) is 13.0. The van der Waals surface area contributed by atoms with Crippen molar-refractivity contribution in [3.63, 3.8) is 0 Å². The Bertz CT molecular complexity index is 459. The molecule has 4 nitrogen and oxygen atoms in total. The van der Waals surface area contributed by atoms with Crippen molar-refractivity contribution in [2.75, 3.05) is 20.8 Å². The van der Waals surface area contributed by atoms with Gasteiger partial charge in [0.15, 0.2) is 11.5 Å². The molecule has 0 saturated heterocycles. The van der Waals surface area contributed by atoms with E-state index in [0.29, 0.717) is 0 Å². The highest BCUT2D eigenvalue weighted by Crippen LogP contribution is 2.45. The van der Waals surface area contributed by atoms with Crippen molar-refractivity contribution in [3.05, 3.63) is 18.2 Å². The first-order valence-electron chi connectivity index (χ1n) is 7.90. The zero-order valence-corrected chi connectivity index (χ0v) is 13.0. The molecular formula is C17H25NO3. The number of ether oxygens (including phenoxy) is 3. The molecule has 0 unspecified atom stereocenters. The highest BCUT2D eigenvalue weighted by molar-refractivity contribution is 5.51. The predicted octanol–water partition coefficient (Wildman–Crippen LogP) is 3.15. The summed E-state index contributed by atoms with van der Waals surface area (Å²) in [6.07, 6.45) is 7.16. The number of nitrogens with one attached hydrogen (secondary N) is 1. The van der Waals surface area contributed by atoms with E-state index in [4.69, 9.17) is 14.2 Å². The summed E-state index contributed by atoms with van der Waals surface area (Å²) in [6.45, 7) is 1.03. The molecule has 2 aliphatic carbocycles. The number of benzene rings is 1. The zero-order chi connectivity index (χ0) is 14.7. The molecule has 116 valence electrons. The number of methoxy groups -OCH3 is 2. The highest BCUT2D eigenvalue weighted by Gasteiger charge is 2.40. The first kappa shape index (κ1) is 14.5. The van der Waals surface area contributed by atoms with E-state index in [1.54, 1.807) is 14.2 Å². The van der Waals surface area contributed by atoms with Gasteiger partial charge >= 0.3 is 0 Å². The van der Waals surface area contributed by atoms with E-state index >= 15 is 0 Å². The molecule has 2 saturated carbocycles. The van der Waals surface area contributed by atoms with Crippen LogP contribution in [0.15, 0.2) is 18.2 Å². The quantitative estimate of drug-likeness (QED) is 0.798. The van der Waals surface area contributed by atoms with Crippen molar-refractivity contribution in [1.29, 1.82) is 0 Å². The van der Waals surface area contributed by atoms with Crippen molar-refractivity contribution in [2.45, 2.75) is 50.2 Å². The lowest BCUT2D eigenvalue weighted by Gasteiger charge is -2.42. The van der Waals surface area contributed by atoms with Gasteiger partial charge in [-0.25, -0.2) is 0 Å². The Hall–Kier alpha value is -1.42. The van der Waals surface area contributed by atoms with Crippen molar-refractivity contribution >= 4 is 0 Å². The van der Waals surface area contributed by atoms with Crippen molar-refractivity contribution in [3.8, 4) is 17.2 Å². The lowest BCUT2D eigenvalue weighted by Crippen LogP contribution is -2.45. The molecule has 0 bridgehead atoms. The SMILES string of the molecule is COc1cccc(OC)c1OC1(CCNC2CC2)CCC1. The molecule has 21 heavy (non-hydrogen) atoms. The number of rotatable bonds is 8. The Kier molecular flexibility index (Phi) is 4.24. The van der Waals surface area contributed by atoms with Gasteiger partial charge in [0.1, 0.15) is 5.60 Å². The molecule has 1 N–H and O–H groups in total. The summed E-state index contributed by atoms with van der Waals surface area (Å²) >= 11 is 0. The Morgan fingerprint density at radius 1 is 1.14 bits per heavy atom. The van der Waals surface area contributed by atoms with Crippen LogP contribution < -0.4 is 19.5 Å². The smallest absolute Gasteiger partial charge is 0.204 e. The van der Waals surface area contributed by atoms with Gasteiger partial charge in [-0.15, -0.1) is 0 Å². The lowest BCUT2D eigenvalue weighted by molar-refractivity contribution is -0.0179. The molecule has 2 aliphatic rings. The van der Waals surface area contributed by atoms with Crippen molar-refractivity contribution in [1.82, 2.24) is 5.32 Å². The average molecular weight is 291 g/mol. The van der Waals surface area contributed by atoms with Crippen molar-refractivity contribution < 1.29 is 14.2 Å². The molecule has 2 fully saturated rings. The summed E-state index contributed by atoms with van der Waals surface area (Å²) < 4.78 is 17.3. The minimum absolute atomic E-state index is 0.0518. The standard InChI is InChI=1S/C17H25NO3/c1-19-14-5-3-6-15(20-2)16(14)21-17(9-4-10-17)11-12-18-13-7-8-13/h3,5-6,13,18H,4,7-12H2,1-2H3. The third kappa shape index (κ3) is 3.26. The van der Waals surface area contributed by atoms with Gasteiger partial charge in [-0.3, -0.25) is 0 Å². The van der Waals surface area contributed by atoms with E-state index in [-0.39, 0.29) is 5.60 Å². The Labute approximate surface area is 126 Å². The monoisotopic (exact) mass is 291 g/mol. The maximum absolute atomic E-state index is 6.39. The molecule has 0 atom stereocenters. The minimum Gasteiger partial charge on any atom is -0.493 e. The Morgan fingerprint density at radius 3 is 2.29 bits per heavy atom. The highest BCUT2D eigenvalue weighted by atomic mass is 16.6. The van der Waals surface area contributed by atoms with Crippen LogP contribution in [-0.4, -0.2) is 32.4 Å². The van der Waals surface area contributed by atoms with Gasteiger partial charge in [-0.05, 0) is 57.2 Å². The topological polar surface area (TPSA) is 39.7 Å². The molecule has 0 aromatic heterocycles. The predicted molar refractivity (Wildman–Crippen MR) is 82.4 cm³/mol. The number of hydrogen-bond acceptors (Lipinski definition) is 4. The van der Waals surface area contributed by atoms with Gasteiger partial charge in [0.2, 0.25) is 5.75 Å². The molecule has 3 rings (SSSR count). The number of para-hydroxylation sites is 1. The van der Waals surface area contributed by atoms with Crippen LogP contribution in [-0.2, 0) is 0 Å². The first-order valence-corrected chi connectivity index (χ1v) is 7.90. The second-order valence-corrected chi connectivity index (χ2v) is 6.11. The van der Waals surface area contributed by atoms with E-state index in [0.717, 1.165) is 49.1 Å². The molecular weight excluding hydrogens is 266 g/mol. The second kappa shape index (κ2) is 6.14. The summed E-state index contributed by atoms with van der Waals surface area (Å²) in [5, 5.41) is 3.58. The minimum atomic E-state index is -0.0518. The molecule has 1 aromatic rings. The van der Waals surface area contributed by atoms with Crippen LogP contribution in [0.4, 0.5) is 0 Å². The summed E-state index contributed by atoms with van der Waals surface area (Å²) in [6, 6.07) is 6.52. The van der Waals surface area contributed by atoms with Gasteiger partial charge < -0.3 is 19.5 Å². The maximum Gasteiger partial charge on any atom is 0.204 e. The fourth-order valence-electron chi connectivity index (χ4n) is 2.90. The first-order chi connectivity index (χ1) is 10.3. The molecule has 1 aromatic carbocycles. The van der Waals surface area contributed by atoms with Gasteiger partial charge in [-0.1, -0.05) is 6.07 Å². The average Bonchev–Trinajstić information content (AvgIpc) is 3.28. The normalized spacial score (nSPS) is 19.7. The largest absolute Gasteiger partial charge is 0.493 e. The van der Waals surface area contributed by atoms with E-state index in [1.165, 1.54) is 19.3 Å².